The third kappa shape index (κ3) is 2.96. The van der Waals surface area contributed by atoms with Gasteiger partial charge in [-0.2, -0.15) is 0 Å². The van der Waals surface area contributed by atoms with Gasteiger partial charge >= 0.3 is 0 Å². The summed E-state index contributed by atoms with van der Waals surface area (Å²) < 4.78 is 0. The van der Waals surface area contributed by atoms with E-state index < -0.39 is 0 Å². The molecule has 1 aliphatic heterocycles. The maximum atomic E-state index is 3.51. The highest BCUT2D eigenvalue weighted by molar-refractivity contribution is 4.83. The number of hydrogen-bond donors (Lipinski definition) is 1. The van der Waals surface area contributed by atoms with Crippen LogP contribution in [0.4, 0.5) is 0 Å². The topological polar surface area (TPSA) is 15.3 Å². The molecule has 1 atom stereocenters. The van der Waals surface area contributed by atoms with Crippen molar-refractivity contribution in [3.05, 3.63) is 0 Å². The summed E-state index contributed by atoms with van der Waals surface area (Å²) >= 11 is 0. The molecule has 1 aliphatic rings. The summed E-state index contributed by atoms with van der Waals surface area (Å²) in [6.45, 7) is 10.6. The van der Waals surface area contributed by atoms with Gasteiger partial charge in [0.2, 0.25) is 0 Å². The van der Waals surface area contributed by atoms with Crippen LogP contribution in [-0.4, -0.2) is 36.6 Å². The fourth-order valence-corrected chi connectivity index (χ4v) is 2.62. The first kappa shape index (κ1) is 12.0. The molecule has 0 bridgehead atoms. The lowest BCUT2D eigenvalue weighted by molar-refractivity contribution is 0.0939. The van der Waals surface area contributed by atoms with E-state index >= 15 is 0 Å². The van der Waals surface area contributed by atoms with Gasteiger partial charge in [0.25, 0.3) is 0 Å². The highest BCUT2D eigenvalue weighted by Crippen LogP contribution is 2.17. The zero-order valence-electron chi connectivity index (χ0n) is 10.1. The Hall–Kier alpha value is -0.0800. The Morgan fingerprint density at radius 1 is 1.29 bits per heavy atom. The summed E-state index contributed by atoms with van der Waals surface area (Å²) in [5.74, 6) is 0. The van der Waals surface area contributed by atoms with E-state index in [1.54, 1.807) is 0 Å². The summed E-state index contributed by atoms with van der Waals surface area (Å²) in [6, 6.07) is 1.60. The monoisotopic (exact) mass is 198 g/mol. The SMILES string of the molecule is CCCC1CNCCN1C(CC)CC. The van der Waals surface area contributed by atoms with Crippen molar-refractivity contribution >= 4 is 0 Å². The number of piperazine rings is 1. The summed E-state index contributed by atoms with van der Waals surface area (Å²) in [5.41, 5.74) is 0. The van der Waals surface area contributed by atoms with E-state index in [9.17, 15) is 0 Å². The van der Waals surface area contributed by atoms with Gasteiger partial charge in [-0.1, -0.05) is 27.2 Å². The lowest BCUT2D eigenvalue weighted by Gasteiger charge is -2.41. The summed E-state index contributed by atoms with van der Waals surface area (Å²) in [5, 5.41) is 3.51. The Labute approximate surface area is 89.1 Å². The van der Waals surface area contributed by atoms with Crippen LogP contribution in [0.2, 0.25) is 0 Å². The fraction of sp³-hybridized carbons (Fsp3) is 1.00. The van der Waals surface area contributed by atoms with Gasteiger partial charge in [-0.25, -0.2) is 0 Å². The molecule has 0 saturated carbocycles. The van der Waals surface area contributed by atoms with Crippen LogP contribution in [0.5, 0.6) is 0 Å². The second-order valence-corrected chi connectivity index (χ2v) is 4.35. The maximum Gasteiger partial charge on any atom is 0.0224 e. The molecule has 1 saturated heterocycles. The van der Waals surface area contributed by atoms with Crippen molar-refractivity contribution in [2.75, 3.05) is 19.6 Å². The first-order valence-electron chi connectivity index (χ1n) is 6.29. The number of nitrogens with one attached hydrogen (secondary N) is 1. The quantitative estimate of drug-likeness (QED) is 0.729. The van der Waals surface area contributed by atoms with E-state index in [2.05, 4.69) is 31.0 Å². The van der Waals surface area contributed by atoms with E-state index in [1.807, 2.05) is 0 Å². The van der Waals surface area contributed by atoms with Gasteiger partial charge in [-0.15, -0.1) is 0 Å². The molecular weight excluding hydrogens is 172 g/mol. The maximum absolute atomic E-state index is 3.51. The predicted molar refractivity (Wildman–Crippen MR) is 62.6 cm³/mol. The van der Waals surface area contributed by atoms with Gasteiger partial charge in [-0.3, -0.25) is 4.90 Å². The molecule has 0 aliphatic carbocycles. The van der Waals surface area contributed by atoms with Gasteiger partial charge in [0.05, 0.1) is 0 Å². The largest absolute Gasteiger partial charge is 0.314 e. The standard InChI is InChI=1S/C12H26N2/c1-4-7-12-10-13-8-9-14(12)11(5-2)6-3/h11-13H,4-10H2,1-3H3. The summed E-state index contributed by atoms with van der Waals surface area (Å²) in [4.78, 5) is 2.74. The van der Waals surface area contributed by atoms with Gasteiger partial charge in [0, 0.05) is 31.7 Å². The molecule has 0 aromatic heterocycles. The van der Waals surface area contributed by atoms with Crippen LogP contribution < -0.4 is 5.32 Å². The molecule has 0 radical (unpaired) electrons. The third-order valence-corrected chi connectivity index (χ3v) is 3.43. The Morgan fingerprint density at radius 2 is 2.00 bits per heavy atom. The Balaban J connectivity index is 2.51. The van der Waals surface area contributed by atoms with E-state index in [4.69, 9.17) is 0 Å². The molecule has 0 aromatic carbocycles. The molecule has 1 N–H and O–H groups in total. The zero-order chi connectivity index (χ0) is 10.4. The lowest BCUT2D eigenvalue weighted by Crippen LogP contribution is -2.54. The minimum atomic E-state index is 0.790. The normalized spacial score (nSPS) is 24.4. The molecule has 1 fully saturated rings. The van der Waals surface area contributed by atoms with Crippen LogP contribution in [0.3, 0.4) is 0 Å². The van der Waals surface area contributed by atoms with E-state index in [0.717, 1.165) is 12.1 Å². The zero-order valence-corrected chi connectivity index (χ0v) is 10.1. The van der Waals surface area contributed by atoms with Gasteiger partial charge in [0.1, 0.15) is 0 Å². The van der Waals surface area contributed by atoms with Crippen LogP contribution in [0.15, 0.2) is 0 Å². The van der Waals surface area contributed by atoms with Crippen LogP contribution in [0.25, 0.3) is 0 Å². The Kier molecular flexibility index (Phi) is 5.49. The van der Waals surface area contributed by atoms with Gasteiger partial charge in [0.15, 0.2) is 0 Å². The van der Waals surface area contributed by atoms with Crippen LogP contribution in [0, 0.1) is 0 Å². The molecule has 1 heterocycles. The second-order valence-electron chi connectivity index (χ2n) is 4.35. The molecular formula is C12H26N2. The van der Waals surface area contributed by atoms with Crippen molar-refractivity contribution in [2.24, 2.45) is 0 Å². The minimum Gasteiger partial charge on any atom is -0.314 e. The van der Waals surface area contributed by atoms with Crippen molar-refractivity contribution < 1.29 is 0 Å². The molecule has 84 valence electrons. The van der Waals surface area contributed by atoms with Crippen LogP contribution >= 0.6 is 0 Å². The molecule has 2 nitrogen and oxygen atoms in total. The highest BCUT2D eigenvalue weighted by Gasteiger charge is 2.25. The van der Waals surface area contributed by atoms with Gasteiger partial charge < -0.3 is 5.32 Å². The van der Waals surface area contributed by atoms with Crippen molar-refractivity contribution in [1.29, 1.82) is 0 Å². The smallest absolute Gasteiger partial charge is 0.0224 e. The average molecular weight is 198 g/mol. The van der Waals surface area contributed by atoms with Crippen LogP contribution in [0.1, 0.15) is 46.5 Å². The molecule has 14 heavy (non-hydrogen) atoms. The molecule has 0 aromatic rings. The van der Waals surface area contributed by atoms with E-state index in [0.29, 0.717) is 0 Å². The van der Waals surface area contributed by atoms with Crippen molar-refractivity contribution in [1.82, 2.24) is 10.2 Å². The van der Waals surface area contributed by atoms with E-state index in [1.165, 1.54) is 45.3 Å². The lowest BCUT2D eigenvalue weighted by atomic mass is 10.0. The van der Waals surface area contributed by atoms with Crippen LogP contribution in [-0.2, 0) is 0 Å². The predicted octanol–water partition coefficient (Wildman–Crippen LogP) is 2.25. The van der Waals surface area contributed by atoms with E-state index in [-0.39, 0.29) is 0 Å². The minimum absolute atomic E-state index is 0.790. The average Bonchev–Trinajstić information content (AvgIpc) is 2.23. The Bertz CT molecular complexity index is 141. The second kappa shape index (κ2) is 6.41. The van der Waals surface area contributed by atoms with Crippen molar-refractivity contribution in [3.63, 3.8) is 0 Å². The first-order chi connectivity index (χ1) is 6.83. The molecule has 0 spiro atoms. The van der Waals surface area contributed by atoms with Gasteiger partial charge in [-0.05, 0) is 19.3 Å². The van der Waals surface area contributed by atoms with Crippen molar-refractivity contribution in [3.8, 4) is 0 Å². The number of rotatable bonds is 5. The molecule has 1 rings (SSSR count). The summed E-state index contributed by atoms with van der Waals surface area (Å²) in [6.07, 6.45) is 5.26. The fourth-order valence-electron chi connectivity index (χ4n) is 2.62. The van der Waals surface area contributed by atoms with Crippen molar-refractivity contribution in [2.45, 2.75) is 58.5 Å². The number of nitrogens with zero attached hydrogens (tertiary/aromatic N) is 1. The molecule has 1 unspecified atom stereocenters. The first-order valence-corrected chi connectivity index (χ1v) is 6.29. The Morgan fingerprint density at radius 3 is 2.57 bits per heavy atom. The number of hydrogen-bond acceptors (Lipinski definition) is 2. The molecule has 2 heteroatoms. The molecule has 0 amide bonds. The highest BCUT2D eigenvalue weighted by atomic mass is 15.2. The third-order valence-electron chi connectivity index (χ3n) is 3.43. The summed E-state index contributed by atoms with van der Waals surface area (Å²) in [7, 11) is 0.